The van der Waals surface area contributed by atoms with Crippen LogP contribution in [0.4, 0.5) is 4.39 Å². The quantitative estimate of drug-likeness (QED) is 0.874. The highest BCUT2D eigenvalue weighted by Crippen LogP contribution is 2.23. The second kappa shape index (κ2) is 6.04. The monoisotopic (exact) mass is 377 g/mol. The number of carbonyl (C=O) groups is 1. The number of hydrogen-bond acceptors (Lipinski definition) is 3. The number of carbonyl (C=O) groups excluding carboxylic acids is 1. The van der Waals surface area contributed by atoms with Crippen molar-refractivity contribution in [1.82, 2.24) is 5.32 Å². The Bertz CT molecular complexity index is 662. The molecule has 0 bridgehead atoms. The molecular formula is C14H17BrFNO3S. The third-order valence-corrected chi connectivity index (χ3v) is 5.98. The Morgan fingerprint density at radius 1 is 1.48 bits per heavy atom. The molecule has 1 saturated heterocycles. The van der Waals surface area contributed by atoms with Gasteiger partial charge in [-0.15, -0.1) is 0 Å². The lowest BCUT2D eigenvalue weighted by Crippen LogP contribution is -2.47. The minimum absolute atomic E-state index is 0.0294. The fourth-order valence-electron chi connectivity index (χ4n) is 2.48. The first-order chi connectivity index (χ1) is 9.69. The maximum atomic E-state index is 13.6. The fraction of sp³-hybridized carbons (Fsp3) is 0.500. The predicted octanol–water partition coefficient (Wildman–Crippen LogP) is 2.21. The van der Waals surface area contributed by atoms with Crippen molar-refractivity contribution in [3.05, 3.63) is 34.1 Å². The zero-order valence-electron chi connectivity index (χ0n) is 11.7. The van der Waals surface area contributed by atoms with Gasteiger partial charge in [0.25, 0.3) is 0 Å². The van der Waals surface area contributed by atoms with E-state index in [1.54, 1.807) is 19.1 Å². The summed E-state index contributed by atoms with van der Waals surface area (Å²) in [5, 5.41) is 2.76. The zero-order valence-corrected chi connectivity index (χ0v) is 14.1. The number of sulfone groups is 1. The van der Waals surface area contributed by atoms with Gasteiger partial charge in [-0.3, -0.25) is 4.79 Å². The third kappa shape index (κ3) is 4.51. The van der Waals surface area contributed by atoms with Crippen molar-refractivity contribution in [3.8, 4) is 0 Å². The van der Waals surface area contributed by atoms with Crippen LogP contribution in [0.1, 0.15) is 25.3 Å². The normalized spacial score (nSPS) is 24.0. The van der Waals surface area contributed by atoms with Gasteiger partial charge in [0.2, 0.25) is 5.91 Å². The van der Waals surface area contributed by atoms with Crippen LogP contribution < -0.4 is 5.32 Å². The van der Waals surface area contributed by atoms with Crippen LogP contribution in [0.25, 0.3) is 0 Å². The Balaban J connectivity index is 1.91. The van der Waals surface area contributed by atoms with Gasteiger partial charge in [0.05, 0.1) is 17.0 Å². The molecule has 0 aliphatic carbocycles. The van der Waals surface area contributed by atoms with Crippen molar-refractivity contribution in [3.63, 3.8) is 0 Å². The molecule has 2 rings (SSSR count). The summed E-state index contributed by atoms with van der Waals surface area (Å²) in [4.78, 5) is 11.9. The Morgan fingerprint density at radius 3 is 2.76 bits per heavy atom. The molecule has 1 amide bonds. The molecule has 1 fully saturated rings. The number of rotatable bonds is 4. The molecule has 1 aliphatic rings. The summed E-state index contributed by atoms with van der Waals surface area (Å²) in [5.41, 5.74) is -0.230. The summed E-state index contributed by atoms with van der Waals surface area (Å²) in [7, 11) is -3.06. The van der Waals surface area contributed by atoms with Crippen LogP contribution in [-0.4, -0.2) is 31.4 Å². The maximum Gasteiger partial charge on any atom is 0.220 e. The molecule has 0 radical (unpaired) electrons. The van der Waals surface area contributed by atoms with Gasteiger partial charge in [0.1, 0.15) is 5.82 Å². The lowest BCUT2D eigenvalue weighted by atomic mass is 10.0. The third-order valence-electron chi connectivity index (χ3n) is 3.58. The molecule has 0 saturated carbocycles. The largest absolute Gasteiger partial charge is 0.350 e. The van der Waals surface area contributed by atoms with Crippen LogP contribution in [0.2, 0.25) is 0 Å². The molecule has 1 N–H and O–H groups in total. The van der Waals surface area contributed by atoms with Gasteiger partial charge < -0.3 is 5.32 Å². The first-order valence-electron chi connectivity index (χ1n) is 6.65. The summed E-state index contributed by atoms with van der Waals surface area (Å²) in [5.74, 6) is -0.535. The highest BCUT2D eigenvalue weighted by Gasteiger charge is 2.39. The number of nitrogens with one attached hydrogen (secondary N) is 1. The molecule has 1 heterocycles. The van der Waals surface area contributed by atoms with Crippen LogP contribution in [-0.2, 0) is 21.1 Å². The molecule has 1 atom stereocenters. The van der Waals surface area contributed by atoms with Crippen molar-refractivity contribution in [2.75, 3.05) is 11.5 Å². The first kappa shape index (κ1) is 16.4. The van der Waals surface area contributed by atoms with Crippen LogP contribution >= 0.6 is 15.9 Å². The lowest BCUT2D eigenvalue weighted by Gasteiger charge is -2.23. The Morgan fingerprint density at radius 2 is 2.19 bits per heavy atom. The second-order valence-corrected chi connectivity index (χ2v) is 8.79. The van der Waals surface area contributed by atoms with Gasteiger partial charge in [-0.25, -0.2) is 12.8 Å². The standard InChI is InChI=1S/C14H17BrFNO3S/c1-14(6-7-21(19,20)9-14)17-13(18)5-3-10-2-4-11(15)8-12(10)16/h2,4,8H,3,5-7,9H2,1H3,(H,17,18). The molecule has 4 nitrogen and oxygen atoms in total. The van der Waals surface area contributed by atoms with Gasteiger partial charge in [-0.2, -0.15) is 0 Å². The molecule has 1 aromatic carbocycles. The van der Waals surface area contributed by atoms with Crippen molar-refractivity contribution in [1.29, 1.82) is 0 Å². The molecule has 0 spiro atoms. The van der Waals surface area contributed by atoms with Gasteiger partial charge in [0, 0.05) is 10.9 Å². The smallest absolute Gasteiger partial charge is 0.220 e. The average molecular weight is 378 g/mol. The van der Waals surface area contributed by atoms with E-state index in [0.29, 0.717) is 16.5 Å². The topological polar surface area (TPSA) is 63.2 Å². The fourth-order valence-corrected chi connectivity index (χ4v) is 4.91. The van der Waals surface area contributed by atoms with E-state index in [4.69, 9.17) is 0 Å². The van der Waals surface area contributed by atoms with E-state index in [1.807, 2.05) is 0 Å². The highest BCUT2D eigenvalue weighted by atomic mass is 79.9. The van der Waals surface area contributed by atoms with E-state index in [2.05, 4.69) is 21.2 Å². The SMILES string of the molecule is CC1(NC(=O)CCc2ccc(Br)cc2F)CCS(=O)(=O)C1. The minimum Gasteiger partial charge on any atom is -0.350 e. The predicted molar refractivity (Wildman–Crippen MR) is 82.2 cm³/mol. The van der Waals surface area contributed by atoms with E-state index in [9.17, 15) is 17.6 Å². The molecular weight excluding hydrogens is 361 g/mol. The van der Waals surface area contributed by atoms with Crippen LogP contribution in [0.5, 0.6) is 0 Å². The molecule has 21 heavy (non-hydrogen) atoms. The Hall–Kier alpha value is -0.950. The highest BCUT2D eigenvalue weighted by molar-refractivity contribution is 9.10. The van der Waals surface area contributed by atoms with Crippen LogP contribution in [0.15, 0.2) is 22.7 Å². The van der Waals surface area contributed by atoms with Gasteiger partial charge in [-0.05, 0) is 37.5 Å². The molecule has 1 aliphatic heterocycles. The summed E-state index contributed by atoms with van der Waals surface area (Å²) in [6, 6.07) is 4.72. The summed E-state index contributed by atoms with van der Waals surface area (Å²) >= 11 is 3.18. The number of amides is 1. The maximum absolute atomic E-state index is 13.6. The van der Waals surface area contributed by atoms with Crippen molar-refractivity contribution < 1.29 is 17.6 Å². The number of hydrogen-bond donors (Lipinski definition) is 1. The summed E-state index contributed by atoms with van der Waals surface area (Å²) in [6.07, 6.45) is 0.843. The van der Waals surface area contributed by atoms with Gasteiger partial charge in [-0.1, -0.05) is 22.0 Å². The van der Waals surface area contributed by atoms with Crippen molar-refractivity contribution in [2.24, 2.45) is 0 Å². The minimum atomic E-state index is -3.06. The van der Waals surface area contributed by atoms with Gasteiger partial charge >= 0.3 is 0 Å². The van der Waals surface area contributed by atoms with E-state index >= 15 is 0 Å². The number of benzene rings is 1. The Kier molecular flexibility index (Phi) is 4.72. The number of halogens is 2. The first-order valence-corrected chi connectivity index (χ1v) is 9.26. The molecule has 7 heteroatoms. The molecule has 0 aromatic heterocycles. The van der Waals surface area contributed by atoms with E-state index in [0.717, 1.165) is 0 Å². The van der Waals surface area contributed by atoms with E-state index in [-0.39, 0.29) is 36.1 Å². The van der Waals surface area contributed by atoms with E-state index in [1.165, 1.54) is 6.07 Å². The average Bonchev–Trinajstić information content (AvgIpc) is 2.62. The molecule has 1 aromatic rings. The van der Waals surface area contributed by atoms with Crippen molar-refractivity contribution in [2.45, 2.75) is 31.7 Å². The van der Waals surface area contributed by atoms with Crippen LogP contribution in [0, 0.1) is 5.82 Å². The van der Waals surface area contributed by atoms with Gasteiger partial charge in [0.15, 0.2) is 9.84 Å². The zero-order chi connectivity index (χ0) is 15.7. The molecule has 116 valence electrons. The van der Waals surface area contributed by atoms with Crippen LogP contribution in [0.3, 0.4) is 0 Å². The summed E-state index contributed by atoms with van der Waals surface area (Å²) in [6.45, 7) is 1.73. The lowest BCUT2D eigenvalue weighted by molar-refractivity contribution is -0.122. The van der Waals surface area contributed by atoms with E-state index < -0.39 is 15.4 Å². The second-order valence-electron chi connectivity index (χ2n) is 5.69. The molecule has 1 unspecified atom stereocenters. The van der Waals surface area contributed by atoms with Crippen molar-refractivity contribution >= 4 is 31.7 Å². The summed E-state index contributed by atoms with van der Waals surface area (Å²) < 4.78 is 37.2. The number of aryl methyl sites for hydroxylation is 1. The Labute approximate surface area is 132 Å².